The van der Waals surface area contributed by atoms with Crippen LogP contribution >= 0.6 is 0 Å². The van der Waals surface area contributed by atoms with Crippen molar-refractivity contribution in [3.05, 3.63) is 29.1 Å². The monoisotopic (exact) mass is 308 g/mol. The molecule has 8 heteroatoms. The molecule has 0 spiro atoms. The van der Waals surface area contributed by atoms with E-state index in [-0.39, 0.29) is 17.7 Å². The van der Waals surface area contributed by atoms with Crippen molar-refractivity contribution in [3.63, 3.8) is 0 Å². The van der Waals surface area contributed by atoms with Gasteiger partial charge in [-0.25, -0.2) is 0 Å². The number of aliphatic hydroxyl groups is 1. The van der Waals surface area contributed by atoms with Gasteiger partial charge in [0.2, 0.25) is 5.91 Å². The Morgan fingerprint density at radius 2 is 2.41 bits per heavy atom. The minimum atomic E-state index is -0.876. The SMILES string of the molecule is CNC(=O)c1nccc(C(N)=O)c1CC(O)[C@@H]1CNCCO1. The van der Waals surface area contributed by atoms with Crippen molar-refractivity contribution in [1.29, 1.82) is 0 Å². The Kier molecular flexibility index (Phi) is 5.42. The fourth-order valence-electron chi connectivity index (χ4n) is 2.42. The third-order valence-corrected chi connectivity index (χ3v) is 3.56. The van der Waals surface area contributed by atoms with Gasteiger partial charge in [-0.15, -0.1) is 0 Å². The van der Waals surface area contributed by atoms with E-state index in [2.05, 4.69) is 15.6 Å². The highest BCUT2D eigenvalue weighted by molar-refractivity contribution is 6.00. The number of hydrogen-bond acceptors (Lipinski definition) is 6. The van der Waals surface area contributed by atoms with E-state index in [9.17, 15) is 14.7 Å². The molecule has 2 atom stereocenters. The molecule has 2 rings (SSSR count). The van der Waals surface area contributed by atoms with Crippen LogP contribution in [0, 0.1) is 0 Å². The number of nitrogens with one attached hydrogen (secondary N) is 2. The number of carbonyl (C=O) groups is 2. The van der Waals surface area contributed by atoms with Crippen LogP contribution in [0.25, 0.3) is 0 Å². The number of primary amides is 1. The molecule has 1 aromatic heterocycles. The number of rotatable bonds is 5. The van der Waals surface area contributed by atoms with Crippen LogP contribution in [-0.2, 0) is 11.2 Å². The first-order valence-electron chi connectivity index (χ1n) is 7.04. The molecule has 0 bridgehead atoms. The summed E-state index contributed by atoms with van der Waals surface area (Å²) >= 11 is 0. The smallest absolute Gasteiger partial charge is 0.269 e. The molecule has 1 aliphatic rings. The lowest BCUT2D eigenvalue weighted by atomic mass is 9.96. The lowest BCUT2D eigenvalue weighted by molar-refractivity contribution is -0.0515. The Hall–Kier alpha value is -2.03. The van der Waals surface area contributed by atoms with E-state index in [0.29, 0.717) is 18.7 Å². The highest BCUT2D eigenvalue weighted by Crippen LogP contribution is 2.17. The maximum Gasteiger partial charge on any atom is 0.269 e. The van der Waals surface area contributed by atoms with E-state index in [1.54, 1.807) is 0 Å². The summed E-state index contributed by atoms with van der Waals surface area (Å²) in [6.07, 6.45) is 0.117. The van der Waals surface area contributed by atoms with Gasteiger partial charge >= 0.3 is 0 Å². The lowest BCUT2D eigenvalue weighted by Gasteiger charge is -2.28. The number of nitrogens with two attached hydrogens (primary N) is 1. The van der Waals surface area contributed by atoms with Gasteiger partial charge in [0.15, 0.2) is 0 Å². The fourth-order valence-corrected chi connectivity index (χ4v) is 2.42. The van der Waals surface area contributed by atoms with Gasteiger partial charge < -0.3 is 26.2 Å². The number of hydrogen-bond donors (Lipinski definition) is 4. The second kappa shape index (κ2) is 7.30. The Labute approximate surface area is 128 Å². The molecule has 8 nitrogen and oxygen atoms in total. The summed E-state index contributed by atoms with van der Waals surface area (Å²) in [5, 5.41) is 15.9. The Bertz CT molecular complexity index is 558. The molecule has 0 saturated carbocycles. The van der Waals surface area contributed by atoms with Gasteiger partial charge in [-0.1, -0.05) is 0 Å². The highest BCUT2D eigenvalue weighted by Gasteiger charge is 2.27. The standard InChI is InChI=1S/C14H20N4O4/c1-16-14(21)12-9(8(13(15)20)2-3-18-12)6-10(19)11-7-17-4-5-22-11/h2-3,10-11,17,19H,4-7H2,1H3,(H2,15,20)(H,16,21)/t10?,11-/m0/s1. The summed E-state index contributed by atoms with van der Waals surface area (Å²) in [6, 6.07) is 1.44. The van der Waals surface area contributed by atoms with Crippen LogP contribution in [0.2, 0.25) is 0 Å². The van der Waals surface area contributed by atoms with Crippen molar-refractivity contribution in [2.75, 3.05) is 26.7 Å². The number of ether oxygens (including phenoxy) is 1. The van der Waals surface area contributed by atoms with E-state index in [1.165, 1.54) is 19.3 Å². The van der Waals surface area contributed by atoms with Crippen molar-refractivity contribution in [1.82, 2.24) is 15.6 Å². The van der Waals surface area contributed by atoms with E-state index in [4.69, 9.17) is 10.5 Å². The van der Waals surface area contributed by atoms with Gasteiger partial charge in [-0.2, -0.15) is 0 Å². The summed E-state index contributed by atoms with van der Waals surface area (Å²) in [5.41, 5.74) is 5.95. The molecule has 2 heterocycles. The molecule has 0 radical (unpaired) electrons. The predicted octanol–water partition coefficient (Wildman–Crippen LogP) is -1.57. The topological polar surface area (TPSA) is 127 Å². The molecular weight excluding hydrogens is 288 g/mol. The number of carbonyl (C=O) groups excluding carboxylic acids is 2. The number of morpholine rings is 1. The zero-order valence-electron chi connectivity index (χ0n) is 12.3. The molecule has 1 aliphatic heterocycles. The van der Waals surface area contributed by atoms with Gasteiger partial charge in [0.05, 0.1) is 18.8 Å². The molecule has 2 amide bonds. The average molecular weight is 308 g/mol. The van der Waals surface area contributed by atoms with Gasteiger partial charge in [-0.3, -0.25) is 14.6 Å². The second-order valence-corrected chi connectivity index (χ2v) is 5.01. The molecule has 0 aliphatic carbocycles. The first-order chi connectivity index (χ1) is 10.5. The number of pyridine rings is 1. The highest BCUT2D eigenvalue weighted by atomic mass is 16.5. The quantitative estimate of drug-likeness (QED) is 0.521. The average Bonchev–Trinajstić information content (AvgIpc) is 2.54. The number of amides is 2. The molecule has 1 unspecified atom stereocenters. The van der Waals surface area contributed by atoms with Crippen LogP contribution in [0.4, 0.5) is 0 Å². The third-order valence-electron chi connectivity index (χ3n) is 3.56. The number of aliphatic hydroxyl groups excluding tert-OH is 1. The Morgan fingerprint density at radius 3 is 3.00 bits per heavy atom. The van der Waals surface area contributed by atoms with Gasteiger partial charge in [0.1, 0.15) is 5.69 Å². The normalized spacial score (nSPS) is 19.5. The van der Waals surface area contributed by atoms with Gasteiger partial charge in [-0.05, 0) is 11.6 Å². The summed E-state index contributed by atoms with van der Waals surface area (Å²) in [4.78, 5) is 27.5. The summed E-state index contributed by atoms with van der Waals surface area (Å²) in [5.74, 6) is -1.11. The van der Waals surface area contributed by atoms with Gasteiger partial charge in [0.25, 0.3) is 5.91 Å². The maximum atomic E-state index is 11.9. The van der Waals surface area contributed by atoms with Crippen LogP contribution < -0.4 is 16.4 Å². The molecule has 0 aromatic carbocycles. The van der Waals surface area contributed by atoms with Crippen molar-refractivity contribution in [2.45, 2.75) is 18.6 Å². The third kappa shape index (κ3) is 3.59. The second-order valence-electron chi connectivity index (χ2n) is 5.01. The van der Waals surface area contributed by atoms with E-state index >= 15 is 0 Å². The zero-order chi connectivity index (χ0) is 16.1. The fraction of sp³-hybridized carbons (Fsp3) is 0.500. The largest absolute Gasteiger partial charge is 0.390 e. The molecule has 1 aromatic rings. The van der Waals surface area contributed by atoms with Crippen LogP contribution in [-0.4, -0.2) is 60.9 Å². The molecule has 22 heavy (non-hydrogen) atoms. The maximum absolute atomic E-state index is 11.9. The van der Waals surface area contributed by atoms with Crippen LogP contribution in [0.1, 0.15) is 26.4 Å². The molecular formula is C14H20N4O4. The summed E-state index contributed by atoms with van der Waals surface area (Å²) < 4.78 is 5.49. The van der Waals surface area contributed by atoms with Crippen LogP contribution in [0.5, 0.6) is 0 Å². The molecule has 1 saturated heterocycles. The Balaban J connectivity index is 2.30. The van der Waals surface area contributed by atoms with E-state index in [1.807, 2.05) is 0 Å². The number of aromatic nitrogens is 1. The number of nitrogens with zero attached hydrogens (tertiary/aromatic N) is 1. The van der Waals surface area contributed by atoms with Crippen molar-refractivity contribution >= 4 is 11.8 Å². The summed E-state index contributed by atoms with van der Waals surface area (Å²) in [6.45, 7) is 1.73. The predicted molar refractivity (Wildman–Crippen MR) is 78.5 cm³/mol. The minimum absolute atomic E-state index is 0.0568. The van der Waals surface area contributed by atoms with Crippen LogP contribution in [0.15, 0.2) is 12.3 Å². The first-order valence-corrected chi connectivity index (χ1v) is 7.04. The minimum Gasteiger partial charge on any atom is -0.390 e. The van der Waals surface area contributed by atoms with E-state index in [0.717, 1.165) is 6.54 Å². The zero-order valence-corrected chi connectivity index (χ0v) is 12.3. The van der Waals surface area contributed by atoms with Crippen molar-refractivity contribution in [3.8, 4) is 0 Å². The van der Waals surface area contributed by atoms with Gasteiger partial charge in [0, 0.05) is 38.3 Å². The lowest BCUT2D eigenvalue weighted by Crippen LogP contribution is -2.46. The van der Waals surface area contributed by atoms with Crippen molar-refractivity contribution in [2.24, 2.45) is 5.73 Å². The van der Waals surface area contributed by atoms with Crippen LogP contribution in [0.3, 0.4) is 0 Å². The molecule has 1 fully saturated rings. The van der Waals surface area contributed by atoms with E-state index < -0.39 is 24.0 Å². The van der Waals surface area contributed by atoms with Crippen molar-refractivity contribution < 1.29 is 19.4 Å². The molecule has 5 N–H and O–H groups in total. The summed E-state index contributed by atoms with van der Waals surface area (Å²) in [7, 11) is 1.47. The molecule has 120 valence electrons. The Morgan fingerprint density at radius 1 is 1.64 bits per heavy atom. The first kappa shape index (κ1) is 16.3.